The minimum atomic E-state index is -0.161. The topological polar surface area (TPSA) is 49.8 Å². The van der Waals surface area contributed by atoms with Crippen molar-refractivity contribution in [1.29, 1.82) is 0 Å². The van der Waals surface area contributed by atoms with Crippen LogP contribution in [-0.2, 0) is 13.0 Å². The number of hydrogen-bond donors (Lipinski definition) is 2. The minimum absolute atomic E-state index is 0.144. The van der Waals surface area contributed by atoms with Crippen LogP contribution in [-0.4, -0.2) is 22.6 Å². The van der Waals surface area contributed by atoms with Crippen LogP contribution in [0.5, 0.6) is 0 Å². The van der Waals surface area contributed by atoms with E-state index in [0.717, 1.165) is 11.1 Å². The van der Waals surface area contributed by atoms with Gasteiger partial charge in [-0.3, -0.25) is 4.57 Å². The lowest BCUT2D eigenvalue weighted by molar-refractivity contribution is 0.463. The highest BCUT2D eigenvalue weighted by Gasteiger charge is 2.21. The summed E-state index contributed by atoms with van der Waals surface area (Å²) in [5.74, 6) is 0. The Balaban J connectivity index is 2.40. The van der Waals surface area contributed by atoms with Gasteiger partial charge in [-0.15, -0.1) is 0 Å². The third kappa shape index (κ3) is 1.15. The van der Waals surface area contributed by atoms with Crippen molar-refractivity contribution in [3.8, 4) is 0 Å². The standard InChI is InChI=1S/C11H13N3O/c1-12-8-5-7-3-2-4-9-10(7)14(6-8)11(15)13-9/h2-4,8,12H,5-6H2,1H3,(H,13,15)/t8-/m1/s1/i2T,3T. The van der Waals surface area contributed by atoms with Crippen LogP contribution in [0.25, 0.3) is 11.0 Å². The van der Waals surface area contributed by atoms with E-state index in [1.165, 1.54) is 0 Å². The first-order chi connectivity index (χ1) is 8.11. The van der Waals surface area contributed by atoms with Crippen LogP contribution in [0.15, 0.2) is 22.9 Å². The van der Waals surface area contributed by atoms with Gasteiger partial charge in [0, 0.05) is 12.6 Å². The summed E-state index contributed by atoms with van der Waals surface area (Å²) in [5.41, 5.74) is 2.09. The molecule has 0 unspecified atom stereocenters. The Morgan fingerprint density at radius 2 is 2.60 bits per heavy atom. The summed E-state index contributed by atoms with van der Waals surface area (Å²) in [7, 11) is 1.85. The van der Waals surface area contributed by atoms with Crippen LogP contribution in [0.3, 0.4) is 0 Å². The molecule has 1 atom stereocenters. The van der Waals surface area contributed by atoms with Gasteiger partial charge in [-0.25, -0.2) is 4.79 Å². The average Bonchev–Trinajstić information content (AvgIpc) is 2.63. The van der Waals surface area contributed by atoms with Gasteiger partial charge in [0.05, 0.1) is 13.8 Å². The lowest BCUT2D eigenvalue weighted by Crippen LogP contribution is -2.38. The van der Waals surface area contributed by atoms with Gasteiger partial charge in [-0.05, 0) is 25.1 Å². The van der Waals surface area contributed by atoms with Gasteiger partial charge in [0.15, 0.2) is 0 Å². The molecule has 0 radical (unpaired) electrons. The summed E-state index contributed by atoms with van der Waals surface area (Å²) in [4.78, 5) is 14.5. The highest BCUT2D eigenvalue weighted by Crippen LogP contribution is 2.22. The molecular weight excluding hydrogens is 190 g/mol. The Hall–Kier alpha value is -1.55. The van der Waals surface area contributed by atoms with E-state index < -0.39 is 0 Å². The molecule has 0 fully saturated rings. The Morgan fingerprint density at radius 1 is 1.73 bits per heavy atom. The summed E-state index contributed by atoms with van der Waals surface area (Å²) in [6.07, 6.45) is 0.690. The number of hydrogen-bond acceptors (Lipinski definition) is 2. The number of nitrogens with zero attached hydrogens (tertiary/aromatic N) is 1. The predicted octanol–water partition coefficient (Wildman–Crippen LogP) is 0.474. The molecule has 1 aliphatic rings. The summed E-state index contributed by atoms with van der Waals surface area (Å²) in [6.45, 7) is 0.610. The molecule has 0 saturated heterocycles. The second-order valence-electron chi connectivity index (χ2n) is 3.88. The van der Waals surface area contributed by atoms with E-state index in [0.29, 0.717) is 18.5 Å². The van der Waals surface area contributed by atoms with Gasteiger partial charge < -0.3 is 10.3 Å². The van der Waals surface area contributed by atoms with Gasteiger partial charge in [0.25, 0.3) is 0 Å². The van der Waals surface area contributed by atoms with Gasteiger partial charge in [0.2, 0.25) is 0 Å². The van der Waals surface area contributed by atoms with Crippen molar-refractivity contribution in [3.63, 3.8) is 0 Å². The first kappa shape index (κ1) is 6.85. The largest absolute Gasteiger partial charge is 0.326 e. The zero-order chi connectivity index (χ0) is 12.2. The van der Waals surface area contributed by atoms with E-state index in [4.69, 9.17) is 2.74 Å². The van der Waals surface area contributed by atoms with Gasteiger partial charge in [0.1, 0.15) is 0 Å². The summed E-state index contributed by atoms with van der Waals surface area (Å²) in [6, 6.07) is 2.09. The Kier molecular flexibility index (Phi) is 1.35. The number of benzene rings is 1. The number of aromatic amines is 1. The lowest BCUT2D eigenvalue weighted by Gasteiger charge is -2.22. The fourth-order valence-electron chi connectivity index (χ4n) is 2.22. The Labute approximate surface area is 89.7 Å². The number of H-pyrrole nitrogens is 1. The number of aromatic nitrogens is 2. The van der Waals surface area contributed by atoms with Crippen molar-refractivity contribution in [2.24, 2.45) is 0 Å². The lowest BCUT2D eigenvalue weighted by atomic mass is 10.0. The van der Waals surface area contributed by atoms with Crippen molar-refractivity contribution in [1.82, 2.24) is 14.9 Å². The summed E-state index contributed by atoms with van der Waals surface area (Å²) in [5, 5.41) is 3.13. The third-order valence-electron chi connectivity index (χ3n) is 3.00. The van der Waals surface area contributed by atoms with Gasteiger partial charge >= 0.3 is 5.69 Å². The van der Waals surface area contributed by atoms with E-state index in [1.54, 1.807) is 10.6 Å². The van der Waals surface area contributed by atoms with E-state index in [1.807, 2.05) is 7.05 Å². The van der Waals surface area contributed by atoms with Crippen LogP contribution >= 0.6 is 0 Å². The molecule has 3 rings (SSSR count). The van der Waals surface area contributed by atoms with E-state index in [-0.39, 0.29) is 23.8 Å². The molecule has 1 aromatic heterocycles. The second kappa shape index (κ2) is 2.97. The SMILES string of the molecule is [3H]c1cc2[nH]c(=O)n3c2c(c1[3H])C[C@@H](NC)C3. The van der Waals surface area contributed by atoms with Crippen molar-refractivity contribution in [2.45, 2.75) is 19.0 Å². The molecule has 4 nitrogen and oxygen atoms in total. The minimum Gasteiger partial charge on any atom is -0.315 e. The molecule has 2 heterocycles. The van der Waals surface area contributed by atoms with Crippen LogP contribution in [0, 0.1) is 0 Å². The van der Waals surface area contributed by atoms with Crippen LogP contribution in [0.4, 0.5) is 0 Å². The molecule has 0 bridgehead atoms. The highest BCUT2D eigenvalue weighted by atomic mass is 16.1. The van der Waals surface area contributed by atoms with E-state index >= 15 is 0 Å². The fraction of sp³-hybridized carbons (Fsp3) is 0.364. The molecule has 1 aliphatic heterocycles. The molecule has 15 heavy (non-hydrogen) atoms. The van der Waals surface area contributed by atoms with E-state index in [2.05, 4.69) is 10.3 Å². The molecule has 0 amide bonds. The first-order valence-corrected chi connectivity index (χ1v) is 5.00. The molecule has 0 aliphatic carbocycles. The fourth-order valence-corrected chi connectivity index (χ4v) is 2.22. The number of rotatable bonds is 1. The number of para-hydroxylation sites is 1. The molecule has 1 aromatic carbocycles. The number of nitrogens with one attached hydrogen (secondary N) is 2. The molecule has 2 aromatic rings. The maximum atomic E-state index is 11.8. The molecular formula is C11H13N3O. The first-order valence-electron chi connectivity index (χ1n) is 6.00. The molecule has 78 valence electrons. The van der Waals surface area contributed by atoms with Crippen molar-refractivity contribution in [2.75, 3.05) is 7.05 Å². The quantitative estimate of drug-likeness (QED) is 0.714. The van der Waals surface area contributed by atoms with Gasteiger partial charge in [-0.2, -0.15) is 0 Å². The van der Waals surface area contributed by atoms with Crippen molar-refractivity contribution >= 4 is 11.0 Å². The normalized spacial score (nSPS) is 21.5. The predicted molar refractivity (Wildman–Crippen MR) is 59.1 cm³/mol. The second-order valence-corrected chi connectivity index (χ2v) is 3.88. The van der Waals surface area contributed by atoms with Crippen LogP contribution in [0.2, 0.25) is 0 Å². The maximum absolute atomic E-state index is 11.8. The summed E-state index contributed by atoms with van der Waals surface area (Å²) < 4.78 is 17.3. The molecule has 2 N–H and O–H groups in total. The molecule has 0 spiro atoms. The maximum Gasteiger partial charge on any atom is 0.326 e. The zero-order valence-corrected chi connectivity index (χ0v) is 8.42. The molecule has 4 heteroatoms. The Morgan fingerprint density at radius 3 is 3.40 bits per heavy atom. The number of likely N-dealkylation sites (N-methyl/N-ethyl adjacent to an activating group) is 1. The monoisotopic (exact) mass is 207 g/mol. The molecule has 0 saturated carbocycles. The Bertz CT molecular complexity index is 659. The van der Waals surface area contributed by atoms with Crippen molar-refractivity contribution < 1.29 is 2.74 Å². The van der Waals surface area contributed by atoms with Crippen molar-refractivity contribution in [3.05, 3.63) is 34.2 Å². The summed E-state index contributed by atoms with van der Waals surface area (Å²) >= 11 is 0. The van der Waals surface area contributed by atoms with Crippen LogP contribution < -0.4 is 11.0 Å². The van der Waals surface area contributed by atoms with Crippen LogP contribution in [0.1, 0.15) is 8.30 Å². The number of imidazole rings is 1. The highest BCUT2D eigenvalue weighted by molar-refractivity contribution is 5.79. The van der Waals surface area contributed by atoms with Gasteiger partial charge in [-0.1, -0.05) is 12.1 Å². The third-order valence-corrected chi connectivity index (χ3v) is 3.00. The zero-order valence-electron chi connectivity index (χ0n) is 10.4. The average molecular weight is 207 g/mol. The van der Waals surface area contributed by atoms with E-state index in [9.17, 15) is 4.79 Å². The smallest absolute Gasteiger partial charge is 0.315 e.